The molecular formula is C14H19NO4. The number of benzene rings is 1. The second-order valence-electron chi connectivity index (χ2n) is 4.91. The van der Waals surface area contributed by atoms with Crippen molar-refractivity contribution in [2.45, 2.75) is 31.3 Å². The Hall–Kier alpha value is -1.75. The fourth-order valence-electron chi connectivity index (χ4n) is 2.10. The van der Waals surface area contributed by atoms with Crippen LogP contribution in [-0.2, 0) is 10.3 Å². The highest BCUT2D eigenvalue weighted by atomic mass is 16.5. The van der Waals surface area contributed by atoms with Crippen LogP contribution >= 0.6 is 0 Å². The molecule has 1 aromatic carbocycles. The summed E-state index contributed by atoms with van der Waals surface area (Å²) in [7, 11) is 3.09. The van der Waals surface area contributed by atoms with E-state index in [0.29, 0.717) is 17.1 Å². The molecule has 1 unspecified atom stereocenters. The number of rotatable bonds is 6. The van der Waals surface area contributed by atoms with E-state index in [1.54, 1.807) is 32.2 Å². The van der Waals surface area contributed by atoms with Crippen LogP contribution in [-0.4, -0.2) is 31.3 Å². The molecule has 0 saturated heterocycles. The van der Waals surface area contributed by atoms with Crippen molar-refractivity contribution in [1.82, 2.24) is 5.32 Å². The number of aliphatic carboxylic acids is 1. The predicted molar refractivity (Wildman–Crippen MR) is 70.7 cm³/mol. The maximum absolute atomic E-state index is 11.7. The Labute approximate surface area is 112 Å². The smallest absolute Gasteiger partial charge is 0.328 e. The molecule has 1 aliphatic carbocycles. The number of carbonyl (C=O) groups is 1. The first-order valence-electron chi connectivity index (χ1n) is 6.25. The molecular weight excluding hydrogens is 246 g/mol. The molecule has 1 atom stereocenters. The van der Waals surface area contributed by atoms with Gasteiger partial charge in [-0.3, -0.25) is 5.32 Å². The van der Waals surface area contributed by atoms with Crippen molar-refractivity contribution in [3.05, 3.63) is 23.8 Å². The van der Waals surface area contributed by atoms with Crippen molar-refractivity contribution in [3.8, 4) is 11.5 Å². The molecule has 0 heterocycles. The fraction of sp³-hybridized carbons (Fsp3) is 0.500. The van der Waals surface area contributed by atoms with Gasteiger partial charge in [0.1, 0.15) is 17.0 Å². The normalized spacial score (nSPS) is 17.6. The van der Waals surface area contributed by atoms with Gasteiger partial charge in [0, 0.05) is 11.6 Å². The topological polar surface area (TPSA) is 67.8 Å². The van der Waals surface area contributed by atoms with E-state index >= 15 is 0 Å². The molecule has 0 bridgehead atoms. The summed E-state index contributed by atoms with van der Waals surface area (Å²) in [6.07, 6.45) is 2.02. The average Bonchev–Trinajstić information content (AvgIpc) is 3.21. The molecule has 1 fully saturated rings. The Morgan fingerprint density at radius 3 is 2.53 bits per heavy atom. The van der Waals surface area contributed by atoms with Gasteiger partial charge >= 0.3 is 5.97 Å². The molecule has 0 aliphatic heterocycles. The summed E-state index contributed by atoms with van der Waals surface area (Å²) in [6, 6.07) is 5.45. The molecule has 104 valence electrons. The molecule has 1 aliphatic rings. The highest BCUT2D eigenvalue weighted by Gasteiger charge is 2.42. The lowest BCUT2D eigenvalue weighted by Gasteiger charge is -2.28. The molecule has 0 aromatic heterocycles. The quantitative estimate of drug-likeness (QED) is 0.820. The summed E-state index contributed by atoms with van der Waals surface area (Å²) in [5.41, 5.74) is -0.602. The highest BCUT2D eigenvalue weighted by molar-refractivity contribution is 5.81. The van der Waals surface area contributed by atoms with Crippen LogP contribution in [0.15, 0.2) is 18.2 Å². The Morgan fingerprint density at radius 2 is 2.05 bits per heavy atom. The Kier molecular flexibility index (Phi) is 3.66. The lowest BCUT2D eigenvalue weighted by atomic mass is 9.90. The second-order valence-corrected chi connectivity index (χ2v) is 4.91. The van der Waals surface area contributed by atoms with Crippen molar-refractivity contribution in [2.24, 2.45) is 0 Å². The Balaban J connectivity index is 2.46. The van der Waals surface area contributed by atoms with Gasteiger partial charge in [-0.05, 0) is 38.0 Å². The summed E-state index contributed by atoms with van der Waals surface area (Å²) in [4.78, 5) is 11.7. The van der Waals surface area contributed by atoms with Gasteiger partial charge in [0.25, 0.3) is 0 Å². The zero-order valence-corrected chi connectivity index (χ0v) is 11.4. The van der Waals surface area contributed by atoms with Gasteiger partial charge < -0.3 is 14.6 Å². The first-order chi connectivity index (χ1) is 9.01. The molecule has 2 rings (SSSR count). The molecule has 0 radical (unpaired) electrons. The number of methoxy groups -OCH3 is 2. The van der Waals surface area contributed by atoms with Crippen molar-refractivity contribution in [3.63, 3.8) is 0 Å². The molecule has 5 nitrogen and oxygen atoms in total. The van der Waals surface area contributed by atoms with Crippen LogP contribution < -0.4 is 14.8 Å². The minimum absolute atomic E-state index is 0.261. The molecule has 0 spiro atoms. The standard InChI is InChI=1S/C14H19NO4/c1-14(13(16)17,15-9-4-5-9)11-8-10(18-2)6-7-12(11)19-3/h6-9,15H,4-5H2,1-3H3,(H,16,17). The minimum atomic E-state index is -1.18. The van der Waals surface area contributed by atoms with E-state index in [9.17, 15) is 9.90 Å². The van der Waals surface area contributed by atoms with E-state index in [4.69, 9.17) is 9.47 Å². The molecule has 1 aromatic rings. The van der Waals surface area contributed by atoms with E-state index in [2.05, 4.69) is 5.32 Å². The Morgan fingerprint density at radius 1 is 1.37 bits per heavy atom. The number of nitrogens with one attached hydrogen (secondary N) is 1. The third-order valence-corrected chi connectivity index (χ3v) is 3.44. The van der Waals surface area contributed by atoms with Crippen LogP contribution in [0.4, 0.5) is 0 Å². The van der Waals surface area contributed by atoms with E-state index in [1.807, 2.05) is 0 Å². The highest BCUT2D eigenvalue weighted by Crippen LogP contribution is 2.36. The largest absolute Gasteiger partial charge is 0.497 e. The molecule has 5 heteroatoms. The van der Waals surface area contributed by atoms with Crippen molar-refractivity contribution in [1.29, 1.82) is 0 Å². The van der Waals surface area contributed by atoms with Gasteiger partial charge in [-0.25, -0.2) is 4.79 Å². The summed E-state index contributed by atoms with van der Waals surface area (Å²) < 4.78 is 10.5. The van der Waals surface area contributed by atoms with Crippen molar-refractivity contribution >= 4 is 5.97 Å². The van der Waals surface area contributed by atoms with Crippen LogP contribution in [0.5, 0.6) is 11.5 Å². The van der Waals surface area contributed by atoms with E-state index in [-0.39, 0.29) is 6.04 Å². The Bertz CT molecular complexity index is 484. The predicted octanol–water partition coefficient (Wildman–Crippen LogP) is 1.76. The third kappa shape index (κ3) is 2.66. The van der Waals surface area contributed by atoms with Gasteiger partial charge in [-0.2, -0.15) is 0 Å². The average molecular weight is 265 g/mol. The maximum atomic E-state index is 11.7. The van der Waals surface area contributed by atoms with E-state index < -0.39 is 11.5 Å². The van der Waals surface area contributed by atoms with Gasteiger partial charge in [0.05, 0.1) is 14.2 Å². The van der Waals surface area contributed by atoms with E-state index in [1.165, 1.54) is 7.11 Å². The van der Waals surface area contributed by atoms with Crippen LogP contribution in [0.3, 0.4) is 0 Å². The fourth-order valence-corrected chi connectivity index (χ4v) is 2.10. The van der Waals surface area contributed by atoms with Crippen LogP contribution in [0, 0.1) is 0 Å². The maximum Gasteiger partial charge on any atom is 0.328 e. The summed E-state index contributed by atoms with van der Waals surface area (Å²) >= 11 is 0. The summed E-state index contributed by atoms with van der Waals surface area (Å²) in [6.45, 7) is 1.66. The van der Waals surface area contributed by atoms with Crippen LogP contribution in [0.1, 0.15) is 25.3 Å². The summed E-state index contributed by atoms with van der Waals surface area (Å²) in [5.74, 6) is 0.227. The molecule has 1 saturated carbocycles. The number of hydrogen-bond acceptors (Lipinski definition) is 4. The van der Waals surface area contributed by atoms with Gasteiger partial charge in [0.15, 0.2) is 0 Å². The third-order valence-electron chi connectivity index (χ3n) is 3.44. The first kappa shape index (κ1) is 13.7. The van der Waals surface area contributed by atoms with Gasteiger partial charge in [-0.1, -0.05) is 0 Å². The van der Waals surface area contributed by atoms with Crippen molar-refractivity contribution < 1.29 is 19.4 Å². The number of hydrogen-bond donors (Lipinski definition) is 2. The minimum Gasteiger partial charge on any atom is -0.497 e. The SMILES string of the molecule is COc1ccc(OC)c(C(C)(NC2CC2)C(=O)O)c1. The summed E-state index contributed by atoms with van der Waals surface area (Å²) in [5, 5.41) is 12.8. The monoisotopic (exact) mass is 265 g/mol. The van der Waals surface area contributed by atoms with Crippen LogP contribution in [0.25, 0.3) is 0 Å². The number of carboxylic acids is 1. The van der Waals surface area contributed by atoms with Crippen LogP contribution in [0.2, 0.25) is 0 Å². The number of ether oxygens (including phenoxy) is 2. The van der Waals surface area contributed by atoms with Gasteiger partial charge in [-0.15, -0.1) is 0 Å². The van der Waals surface area contributed by atoms with E-state index in [0.717, 1.165) is 12.8 Å². The lowest BCUT2D eigenvalue weighted by Crippen LogP contribution is -2.48. The zero-order valence-electron chi connectivity index (χ0n) is 11.4. The zero-order chi connectivity index (χ0) is 14.0. The lowest BCUT2D eigenvalue weighted by molar-refractivity contribution is -0.144. The van der Waals surface area contributed by atoms with Crippen molar-refractivity contribution in [2.75, 3.05) is 14.2 Å². The first-order valence-corrected chi connectivity index (χ1v) is 6.25. The molecule has 19 heavy (non-hydrogen) atoms. The molecule has 2 N–H and O–H groups in total. The number of carboxylic acid groups (broad SMARTS) is 1. The van der Waals surface area contributed by atoms with Gasteiger partial charge in [0.2, 0.25) is 0 Å². The molecule has 0 amide bonds. The second kappa shape index (κ2) is 5.09.